The number of carboxylic acid groups (broad SMARTS) is 1. The van der Waals surface area contributed by atoms with Gasteiger partial charge < -0.3 is 10.3 Å². The Bertz CT molecular complexity index is 480. The van der Waals surface area contributed by atoms with E-state index < -0.39 is 5.97 Å². The number of nitrogens with zero attached hydrogens (tertiary/aromatic N) is 2. The quantitative estimate of drug-likeness (QED) is 0.704. The molecular weight excluding hydrogens is 208 g/mol. The highest BCUT2D eigenvalue weighted by molar-refractivity contribution is 5.92. The molecule has 0 radical (unpaired) electrons. The van der Waals surface area contributed by atoms with Crippen LogP contribution in [0.1, 0.15) is 10.4 Å². The van der Waals surface area contributed by atoms with Crippen molar-refractivity contribution in [3.63, 3.8) is 0 Å². The molecule has 2 aromatic rings. The summed E-state index contributed by atoms with van der Waals surface area (Å²) in [6.45, 7) is 0. The fraction of sp³-hybridized carbons (Fsp3) is 0. The third kappa shape index (κ3) is 1.49. The molecule has 0 aliphatic heterocycles. The van der Waals surface area contributed by atoms with Crippen LogP contribution in [-0.4, -0.2) is 26.0 Å². The minimum absolute atomic E-state index is 0. The van der Waals surface area contributed by atoms with Crippen molar-refractivity contribution < 1.29 is 15.1 Å². The molecule has 0 bridgehead atoms. The Hall–Kier alpha value is -1.75. The molecule has 1 aromatic heterocycles. The summed E-state index contributed by atoms with van der Waals surface area (Å²) in [5.41, 5.74) is 1.11. The van der Waals surface area contributed by atoms with Gasteiger partial charge in [0.25, 0.3) is 0 Å². The molecule has 2 rings (SSSR count). The van der Waals surface area contributed by atoms with Crippen LogP contribution in [-0.2, 0) is 0 Å². The lowest BCUT2D eigenvalue weighted by atomic mass is 10.2. The number of benzene rings is 1. The lowest BCUT2D eigenvalue weighted by Crippen LogP contribution is -1.95. The first-order valence-electron chi connectivity index (χ1n) is 3.58. The van der Waals surface area contributed by atoms with Crippen molar-refractivity contribution in [2.45, 2.75) is 0 Å². The molecule has 1 heterocycles. The van der Waals surface area contributed by atoms with Crippen molar-refractivity contribution in [1.29, 1.82) is 0 Å². The van der Waals surface area contributed by atoms with Gasteiger partial charge in [-0.3, -0.25) is 0 Å². The average molecular weight is 215 g/mol. The minimum Gasteiger partial charge on any atom is -0.478 e. The first kappa shape index (κ1) is 10.3. The van der Waals surface area contributed by atoms with E-state index in [1.54, 1.807) is 0 Å². The van der Waals surface area contributed by atoms with Gasteiger partial charge in [-0.2, -0.15) is 4.73 Å². The maximum Gasteiger partial charge on any atom is 0.335 e. The number of hydrogen-bond acceptors (Lipinski definition) is 3. The maximum atomic E-state index is 10.6. The fourth-order valence-electron chi connectivity index (χ4n) is 1.13. The number of aromatic nitrogens is 2. The van der Waals surface area contributed by atoms with E-state index in [4.69, 9.17) is 10.3 Å². The molecule has 0 spiro atoms. The largest absolute Gasteiger partial charge is 0.478 e. The van der Waals surface area contributed by atoms with Crippen LogP contribution in [0.15, 0.2) is 24.5 Å². The first-order valence-corrected chi connectivity index (χ1v) is 3.58. The summed E-state index contributed by atoms with van der Waals surface area (Å²) in [7, 11) is 0. The van der Waals surface area contributed by atoms with E-state index in [0.29, 0.717) is 11.0 Å². The molecule has 14 heavy (non-hydrogen) atoms. The van der Waals surface area contributed by atoms with Crippen LogP contribution in [0.3, 0.4) is 0 Å². The van der Waals surface area contributed by atoms with Crippen molar-refractivity contribution in [2.75, 3.05) is 0 Å². The summed E-state index contributed by atoms with van der Waals surface area (Å²) in [4.78, 5) is 14.4. The minimum atomic E-state index is -1.01. The summed E-state index contributed by atoms with van der Waals surface area (Å²) in [5, 5.41) is 17.8. The zero-order valence-electron chi connectivity index (χ0n) is 6.91. The van der Waals surface area contributed by atoms with Crippen LogP contribution >= 0.6 is 12.4 Å². The molecule has 0 atom stereocenters. The van der Waals surface area contributed by atoms with Crippen LogP contribution in [0.25, 0.3) is 11.0 Å². The Morgan fingerprint density at radius 1 is 1.43 bits per heavy atom. The molecule has 5 nitrogen and oxygen atoms in total. The summed E-state index contributed by atoms with van der Waals surface area (Å²) < 4.78 is 0.848. The van der Waals surface area contributed by atoms with Crippen molar-refractivity contribution in [3.8, 4) is 0 Å². The molecule has 0 saturated heterocycles. The van der Waals surface area contributed by atoms with Crippen molar-refractivity contribution >= 4 is 29.4 Å². The zero-order valence-corrected chi connectivity index (χ0v) is 7.73. The van der Waals surface area contributed by atoms with Crippen molar-refractivity contribution in [3.05, 3.63) is 30.1 Å². The number of hydrogen-bond donors (Lipinski definition) is 2. The number of halogens is 1. The van der Waals surface area contributed by atoms with Crippen LogP contribution < -0.4 is 0 Å². The zero-order chi connectivity index (χ0) is 9.42. The van der Waals surface area contributed by atoms with Gasteiger partial charge in [-0.1, -0.05) is 0 Å². The Balaban J connectivity index is 0.000000980. The van der Waals surface area contributed by atoms with Crippen LogP contribution in [0, 0.1) is 0 Å². The third-order valence-electron chi connectivity index (χ3n) is 1.78. The number of imidazole rings is 1. The monoisotopic (exact) mass is 214 g/mol. The molecule has 6 heteroatoms. The summed E-state index contributed by atoms with van der Waals surface area (Å²) in [5.74, 6) is -1.01. The molecule has 1 aromatic carbocycles. The molecular formula is C8H7ClN2O3. The number of aromatic carboxylic acids is 1. The van der Waals surface area contributed by atoms with Crippen molar-refractivity contribution in [1.82, 2.24) is 9.71 Å². The summed E-state index contributed by atoms with van der Waals surface area (Å²) in [6.07, 6.45) is 1.22. The highest BCUT2D eigenvalue weighted by Gasteiger charge is 2.06. The predicted octanol–water partition coefficient (Wildman–Crippen LogP) is 1.39. The van der Waals surface area contributed by atoms with E-state index in [0.717, 1.165) is 4.73 Å². The number of fused-ring (bicyclic) bond motifs is 1. The molecule has 0 unspecified atom stereocenters. The summed E-state index contributed by atoms with van der Waals surface area (Å²) in [6, 6.07) is 4.33. The molecule has 0 fully saturated rings. The molecule has 0 amide bonds. The standard InChI is InChI=1S/C8H6N2O3.ClH/c11-8(12)5-1-2-7-6(3-5)9-4-10(7)13;/h1-4,13H,(H,11,12);1H. The number of carbonyl (C=O) groups is 1. The first-order chi connectivity index (χ1) is 6.18. The van der Waals surface area contributed by atoms with E-state index in [2.05, 4.69) is 4.98 Å². The molecule has 0 saturated carbocycles. The Kier molecular flexibility index (Phi) is 2.62. The van der Waals surface area contributed by atoms with Crippen molar-refractivity contribution in [2.24, 2.45) is 0 Å². The lowest BCUT2D eigenvalue weighted by molar-refractivity contribution is 0.0697. The molecule has 2 N–H and O–H groups in total. The van der Waals surface area contributed by atoms with E-state index in [1.807, 2.05) is 0 Å². The molecule has 0 aliphatic rings. The fourth-order valence-corrected chi connectivity index (χ4v) is 1.13. The second-order valence-corrected chi connectivity index (χ2v) is 2.60. The number of rotatable bonds is 1. The van der Waals surface area contributed by atoms with Gasteiger partial charge in [-0.25, -0.2) is 9.78 Å². The second-order valence-electron chi connectivity index (χ2n) is 2.60. The Morgan fingerprint density at radius 3 is 2.79 bits per heavy atom. The molecule has 74 valence electrons. The topological polar surface area (TPSA) is 75.3 Å². The average Bonchev–Trinajstić information content (AvgIpc) is 2.47. The van der Waals surface area contributed by atoms with Gasteiger partial charge in [0.05, 0.1) is 11.1 Å². The Morgan fingerprint density at radius 2 is 2.14 bits per heavy atom. The van der Waals surface area contributed by atoms with E-state index >= 15 is 0 Å². The van der Waals surface area contributed by atoms with Gasteiger partial charge in [-0.15, -0.1) is 12.4 Å². The highest BCUT2D eigenvalue weighted by atomic mass is 35.5. The van der Waals surface area contributed by atoms with E-state index in [1.165, 1.54) is 24.5 Å². The SMILES string of the molecule is Cl.O=C(O)c1ccc2c(c1)ncn2O. The van der Waals surface area contributed by atoms with Gasteiger partial charge >= 0.3 is 5.97 Å². The smallest absolute Gasteiger partial charge is 0.335 e. The van der Waals surface area contributed by atoms with E-state index in [9.17, 15) is 4.79 Å². The van der Waals surface area contributed by atoms with Crippen LogP contribution in [0.2, 0.25) is 0 Å². The third-order valence-corrected chi connectivity index (χ3v) is 1.78. The van der Waals surface area contributed by atoms with E-state index in [-0.39, 0.29) is 18.0 Å². The predicted molar refractivity (Wildman–Crippen MR) is 51.1 cm³/mol. The second kappa shape index (κ2) is 3.55. The van der Waals surface area contributed by atoms with Gasteiger partial charge in [0.2, 0.25) is 0 Å². The summed E-state index contributed by atoms with van der Waals surface area (Å²) >= 11 is 0. The van der Waals surface area contributed by atoms with Gasteiger partial charge in [0.15, 0.2) is 0 Å². The molecule has 0 aliphatic carbocycles. The van der Waals surface area contributed by atoms with Gasteiger partial charge in [-0.05, 0) is 18.2 Å². The number of carboxylic acids is 1. The normalized spacial score (nSPS) is 9.71. The van der Waals surface area contributed by atoms with Gasteiger partial charge in [0.1, 0.15) is 11.8 Å². The highest BCUT2D eigenvalue weighted by Crippen LogP contribution is 2.13. The Labute approximate surface area is 85.0 Å². The van der Waals surface area contributed by atoms with Crippen LogP contribution in [0.5, 0.6) is 0 Å². The van der Waals surface area contributed by atoms with Crippen LogP contribution in [0.4, 0.5) is 0 Å². The van der Waals surface area contributed by atoms with Gasteiger partial charge in [0, 0.05) is 0 Å². The maximum absolute atomic E-state index is 10.6. The lowest BCUT2D eigenvalue weighted by Gasteiger charge is -1.94.